The first kappa shape index (κ1) is 19.1. The monoisotopic (exact) mass is 342 g/mol. The zero-order valence-corrected chi connectivity index (χ0v) is 14.2. The molecular formula is C15H22N2O5S. The number of carbonyl (C=O) groups is 1. The minimum absolute atomic E-state index is 0.122. The van der Waals surface area contributed by atoms with Gasteiger partial charge < -0.3 is 0 Å². The van der Waals surface area contributed by atoms with Crippen LogP contribution in [0, 0.1) is 10.1 Å². The van der Waals surface area contributed by atoms with Crippen LogP contribution in [-0.4, -0.2) is 25.5 Å². The smallest absolute Gasteiger partial charge is 0.269 e. The zero-order chi connectivity index (χ0) is 17.5. The fraction of sp³-hybridized carbons (Fsp3) is 0.533. The Labute approximate surface area is 136 Å². The van der Waals surface area contributed by atoms with Crippen LogP contribution in [-0.2, 0) is 14.8 Å². The van der Waals surface area contributed by atoms with Crippen molar-refractivity contribution in [3.05, 3.63) is 34.4 Å². The standard InChI is InChI=1S/C15H22N2O5S/c1-3-4-5-6-7-8-15(18)16(23(2,21)22)13-9-11-14(12-10-13)17(19)20/h9-12H,3-8H2,1-2H3. The molecule has 0 spiro atoms. The maximum absolute atomic E-state index is 12.3. The van der Waals surface area contributed by atoms with Gasteiger partial charge in [-0.1, -0.05) is 32.6 Å². The number of carbonyl (C=O) groups excluding carboxylic acids is 1. The fourth-order valence-electron chi connectivity index (χ4n) is 2.21. The van der Waals surface area contributed by atoms with Gasteiger partial charge >= 0.3 is 0 Å². The first-order chi connectivity index (χ1) is 10.8. The van der Waals surface area contributed by atoms with Gasteiger partial charge in [-0.25, -0.2) is 12.7 Å². The third-order valence-electron chi connectivity index (χ3n) is 3.35. The van der Waals surface area contributed by atoms with E-state index in [2.05, 4.69) is 6.92 Å². The van der Waals surface area contributed by atoms with Gasteiger partial charge in [0.05, 0.1) is 16.9 Å². The van der Waals surface area contributed by atoms with Crippen LogP contribution in [0.4, 0.5) is 11.4 Å². The van der Waals surface area contributed by atoms with E-state index < -0.39 is 20.9 Å². The minimum Gasteiger partial charge on any atom is -0.273 e. The number of amides is 1. The maximum Gasteiger partial charge on any atom is 0.269 e. The normalized spacial score (nSPS) is 11.2. The Kier molecular flexibility index (Phi) is 7.15. The molecule has 0 unspecified atom stereocenters. The molecule has 128 valence electrons. The van der Waals surface area contributed by atoms with Crippen molar-refractivity contribution in [3.8, 4) is 0 Å². The number of benzene rings is 1. The van der Waals surface area contributed by atoms with E-state index in [0.717, 1.165) is 36.2 Å². The fourth-order valence-corrected chi connectivity index (χ4v) is 3.18. The summed E-state index contributed by atoms with van der Waals surface area (Å²) >= 11 is 0. The number of sulfonamides is 1. The molecule has 0 aliphatic rings. The highest BCUT2D eigenvalue weighted by Gasteiger charge is 2.25. The van der Waals surface area contributed by atoms with E-state index in [9.17, 15) is 23.3 Å². The Balaban J connectivity index is 2.84. The molecule has 1 aromatic rings. The van der Waals surface area contributed by atoms with Crippen LogP contribution >= 0.6 is 0 Å². The molecule has 0 radical (unpaired) electrons. The van der Waals surface area contributed by atoms with Gasteiger partial charge in [0.1, 0.15) is 0 Å². The molecule has 1 aromatic carbocycles. The SMILES string of the molecule is CCCCCCCC(=O)N(c1ccc([N+](=O)[O-])cc1)S(C)(=O)=O. The highest BCUT2D eigenvalue weighted by Crippen LogP contribution is 2.23. The lowest BCUT2D eigenvalue weighted by atomic mass is 10.1. The number of non-ortho nitro benzene ring substituents is 1. The van der Waals surface area contributed by atoms with Crippen LogP contribution in [0.3, 0.4) is 0 Å². The van der Waals surface area contributed by atoms with Gasteiger partial charge in [-0.05, 0) is 18.6 Å². The lowest BCUT2D eigenvalue weighted by molar-refractivity contribution is -0.384. The molecule has 0 heterocycles. The molecule has 0 atom stereocenters. The zero-order valence-electron chi connectivity index (χ0n) is 13.4. The molecule has 0 aromatic heterocycles. The summed E-state index contributed by atoms with van der Waals surface area (Å²) in [5, 5.41) is 10.6. The summed E-state index contributed by atoms with van der Waals surface area (Å²) in [5.41, 5.74) is -0.0362. The molecule has 0 aliphatic carbocycles. The van der Waals surface area contributed by atoms with Crippen molar-refractivity contribution in [2.75, 3.05) is 10.6 Å². The molecule has 8 heteroatoms. The Morgan fingerprint density at radius 1 is 1.13 bits per heavy atom. The van der Waals surface area contributed by atoms with Crippen molar-refractivity contribution < 1.29 is 18.1 Å². The largest absolute Gasteiger partial charge is 0.273 e. The van der Waals surface area contributed by atoms with Gasteiger partial charge in [0.2, 0.25) is 15.9 Å². The van der Waals surface area contributed by atoms with Crippen molar-refractivity contribution in [2.24, 2.45) is 0 Å². The Morgan fingerprint density at radius 3 is 2.17 bits per heavy atom. The van der Waals surface area contributed by atoms with E-state index in [1.807, 2.05) is 0 Å². The summed E-state index contributed by atoms with van der Waals surface area (Å²) < 4.78 is 24.5. The van der Waals surface area contributed by atoms with Gasteiger partial charge in [0.15, 0.2) is 0 Å². The Morgan fingerprint density at radius 2 is 1.70 bits per heavy atom. The predicted octanol–water partition coefficient (Wildman–Crippen LogP) is 3.25. The van der Waals surface area contributed by atoms with E-state index in [-0.39, 0.29) is 17.8 Å². The molecule has 1 amide bonds. The van der Waals surface area contributed by atoms with E-state index in [4.69, 9.17) is 0 Å². The topological polar surface area (TPSA) is 97.6 Å². The third kappa shape index (κ3) is 5.97. The third-order valence-corrected chi connectivity index (χ3v) is 4.43. The molecule has 0 fully saturated rings. The van der Waals surface area contributed by atoms with Crippen LogP contribution in [0.5, 0.6) is 0 Å². The number of nitro groups is 1. The second-order valence-electron chi connectivity index (χ2n) is 5.36. The summed E-state index contributed by atoms with van der Waals surface area (Å²) in [6.45, 7) is 2.09. The summed E-state index contributed by atoms with van der Waals surface area (Å²) in [5.74, 6) is -0.516. The van der Waals surface area contributed by atoms with Gasteiger partial charge in [-0.3, -0.25) is 14.9 Å². The van der Waals surface area contributed by atoms with Crippen molar-refractivity contribution >= 4 is 27.3 Å². The van der Waals surface area contributed by atoms with Crippen molar-refractivity contribution in [1.29, 1.82) is 0 Å². The van der Waals surface area contributed by atoms with Crippen molar-refractivity contribution in [2.45, 2.75) is 45.4 Å². The second-order valence-corrected chi connectivity index (χ2v) is 7.19. The van der Waals surface area contributed by atoms with Gasteiger partial charge in [-0.2, -0.15) is 0 Å². The maximum atomic E-state index is 12.3. The molecule has 0 N–H and O–H groups in total. The number of unbranched alkanes of at least 4 members (excludes halogenated alkanes) is 4. The minimum atomic E-state index is -3.78. The highest BCUT2D eigenvalue weighted by molar-refractivity contribution is 7.92. The van der Waals surface area contributed by atoms with Crippen LogP contribution in [0.2, 0.25) is 0 Å². The van der Waals surface area contributed by atoms with E-state index in [0.29, 0.717) is 6.42 Å². The van der Waals surface area contributed by atoms with Crippen molar-refractivity contribution in [1.82, 2.24) is 0 Å². The Hall–Kier alpha value is -1.96. The molecular weight excluding hydrogens is 320 g/mol. The molecule has 0 saturated carbocycles. The number of hydrogen-bond donors (Lipinski definition) is 0. The van der Waals surface area contributed by atoms with Crippen molar-refractivity contribution in [3.63, 3.8) is 0 Å². The molecule has 0 aliphatic heterocycles. The number of anilines is 1. The summed E-state index contributed by atoms with van der Waals surface area (Å²) in [6, 6.07) is 4.91. The van der Waals surface area contributed by atoms with Crippen LogP contribution in [0.25, 0.3) is 0 Å². The van der Waals surface area contributed by atoms with Gasteiger partial charge in [0, 0.05) is 18.6 Å². The average molecular weight is 342 g/mol. The quantitative estimate of drug-likeness (QED) is 0.390. The first-order valence-electron chi connectivity index (χ1n) is 7.55. The van der Waals surface area contributed by atoms with Gasteiger partial charge in [0.25, 0.3) is 5.69 Å². The summed E-state index contributed by atoms with van der Waals surface area (Å²) in [4.78, 5) is 22.3. The van der Waals surface area contributed by atoms with Crippen LogP contribution < -0.4 is 4.31 Å². The average Bonchev–Trinajstić information content (AvgIpc) is 2.46. The number of hydrogen-bond acceptors (Lipinski definition) is 5. The lowest BCUT2D eigenvalue weighted by Crippen LogP contribution is -2.36. The van der Waals surface area contributed by atoms with E-state index >= 15 is 0 Å². The molecule has 0 bridgehead atoms. The molecule has 1 rings (SSSR count). The summed E-state index contributed by atoms with van der Waals surface area (Å²) in [6.07, 6.45) is 5.77. The van der Waals surface area contributed by atoms with E-state index in [1.165, 1.54) is 24.3 Å². The summed E-state index contributed by atoms with van der Waals surface area (Å²) in [7, 11) is -3.78. The lowest BCUT2D eigenvalue weighted by Gasteiger charge is -2.20. The van der Waals surface area contributed by atoms with E-state index in [1.54, 1.807) is 0 Å². The van der Waals surface area contributed by atoms with Crippen LogP contribution in [0.1, 0.15) is 45.4 Å². The predicted molar refractivity (Wildman–Crippen MR) is 88.8 cm³/mol. The van der Waals surface area contributed by atoms with Crippen LogP contribution in [0.15, 0.2) is 24.3 Å². The number of nitro benzene ring substituents is 1. The highest BCUT2D eigenvalue weighted by atomic mass is 32.2. The molecule has 23 heavy (non-hydrogen) atoms. The number of nitrogens with zero attached hydrogens (tertiary/aromatic N) is 2. The molecule has 0 saturated heterocycles. The molecule has 7 nitrogen and oxygen atoms in total. The Bertz CT molecular complexity index is 640. The number of rotatable bonds is 9. The van der Waals surface area contributed by atoms with Gasteiger partial charge in [-0.15, -0.1) is 0 Å². The second kappa shape index (κ2) is 8.61. The first-order valence-corrected chi connectivity index (χ1v) is 9.39.